The Bertz CT molecular complexity index is 1070. The highest BCUT2D eigenvalue weighted by atomic mass is 16.1. The fourth-order valence-corrected chi connectivity index (χ4v) is 2.73. The van der Waals surface area contributed by atoms with Crippen molar-refractivity contribution in [3.8, 4) is 6.07 Å². The van der Waals surface area contributed by atoms with Crippen LogP contribution in [0.5, 0.6) is 0 Å². The lowest BCUT2D eigenvalue weighted by molar-refractivity contribution is -0.113. The van der Waals surface area contributed by atoms with E-state index in [1.54, 1.807) is 25.3 Å². The number of hydrogen-bond acceptors (Lipinski definition) is 6. The van der Waals surface area contributed by atoms with Crippen molar-refractivity contribution in [3.05, 3.63) is 89.3 Å². The molecule has 0 saturated carbocycles. The third-order valence-corrected chi connectivity index (χ3v) is 4.22. The molecule has 7 heteroatoms. The number of nitriles is 1. The first-order chi connectivity index (χ1) is 14.9. The van der Waals surface area contributed by atoms with Gasteiger partial charge in [0.25, 0.3) is 0 Å². The molecule has 0 atom stereocenters. The molecular weight excluding hydrogens is 388 g/mol. The molecule has 4 N–H and O–H groups in total. The number of nitrogens with two attached hydrogens (primary N) is 1. The molecule has 1 aliphatic carbocycles. The topological polar surface area (TPSA) is 117 Å². The molecular formula is C24H26N6O. The van der Waals surface area contributed by atoms with E-state index in [2.05, 4.69) is 58.4 Å². The normalized spacial score (nSPS) is 12.6. The molecule has 1 heterocycles. The van der Waals surface area contributed by atoms with Crippen LogP contribution in [0.4, 0.5) is 17.5 Å². The zero-order chi connectivity index (χ0) is 22.6. The summed E-state index contributed by atoms with van der Waals surface area (Å²) in [5, 5.41) is 15.5. The Balaban J connectivity index is 0.000000501. The van der Waals surface area contributed by atoms with Crippen LogP contribution in [-0.2, 0) is 4.79 Å². The van der Waals surface area contributed by atoms with Gasteiger partial charge >= 0.3 is 0 Å². The van der Waals surface area contributed by atoms with Crippen molar-refractivity contribution >= 4 is 23.4 Å². The summed E-state index contributed by atoms with van der Waals surface area (Å²) in [4.78, 5) is 18.5. The van der Waals surface area contributed by atoms with Gasteiger partial charge in [-0.25, -0.2) is 4.98 Å². The second kappa shape index (κ2) is 11.7. The molecule has 0 spiro atoms. The lowest BCUT2D eigenvalue weighted by Gasteiger charge is -2.13. The number of carbonyl (C=O) groups excluding carboxylic acids is 1. The Morgan fingerprint density at radius 1 is 1.19 bits per heavy atom. The third kappa shape index (κ3) is 7.63. The Hall–Kier alpha value is -4.18. The predicted octanol–water partition coefficient (Wildman–Crippen LogP) is 4.59. The molecule has 158 valence electrons. The van der Waals surface area contributed by atoms with Gasteiger partial charge in [0, 0.05) is 24.0 Å². The third-order valence-electron chi connectivity index (χ3n) is 4.22. The van der Waals surface area contributed by atoms with Gasteiger partial charge in [-0.15, -0.1) is 0 Å². The average Bonchev–Trinajstić information content (AvgIpc) is 2.97. The highest BCUT2D eigenvalue weighted by molar-refractivity contribution is 5.85. The first-order valence-corrected chi connectivity index (χ1v) is 9.76. The Morgan fingerprint density at radius 2 is 1.94 bits per heavy atom. The second-order valence-electron chi connectivity index (χ2n) is 6.72. The summed E-state index contributed by atoms with van der Waals surface area (Å²) in [7, 11) is 0. The summed E-state index contributed by atoms with van der Waals surface area (Å²) >= 11 is 0. The van der Waals surface area contributed by atoms with Crippen molar-refractivity contribution < 1.29 is 4.79 Å². The van der Waals surface area contributed by atoms with Crippen LogP contribution in [0.25, 0.3) is 0 Å². The molecule has 0 unspecified atom stereocenters. The van der Waals surface area contributed by atoms with E-state index < -0.39 is 5.91 Å². The quantitative estimate of drug-likeness (QED) is 0.616. The molecule has 1 aromatic carbocycles. The Labute approximate surface area is 182 Å². The van der Waals surface area contributed by atoms with Gasteiger partial charge in [-0.05, 0) is 62.3 Å². The predicted molar refractivity (Wildman–Crippen MR) is 124 cm³/mol. The summed E-state index contributed by atoms with van der Waals surface area (Å²) in [5.74, 6) is 0.857. The van der Waals surface area contributed by atoms with Crippen LogP contribution in [0.1, 0.15) is 24.5 Å². The number of nitrogens with zero attached hydrogens (tertiary/aromatic N) is 3. The summed E-state index contributed by atoms with van der Waals surface area (Å²) < 4.78 is 0. The maximum Gasteiger partial charge on any atom is 0.241 e. The standard InChI is InChI=1S/C20H19N5.C4H7NO/c1-14-5-3-6-15(2)19(14)24-18-11-12-22-20(25-18)23-17-8-4-7-16(13-21)9-10-17;1-2-3-4(5)6/h3-7,9-12H,8H2,1-2H3,(H2,22,23,24,25);2-3H,1H3,(H2,5,6). The molecule has 0 bridgehead atoms. The zero-order valence-corrected chi connectivity index (χ0v) is 17.9. The van der Waals surface area contributed by atoms with Crippen LogP contribution < -0.4 is 16.4 Å². The number of carbonyl (C=O) groups is 1. The summed E-state index contributed by atoms with van der Waals surface area (Å²) in [6, 6.07) is 10.1. The molecule has 31 heavy (non-hydrogen) atoms. The second-order valence-corrected chi connectivity index (χ2v) is 6.72. The number of aromatic nitrogens is 2. The highest BCUT2D eigenvalue weighted by Crippen LogP contribution is 2.23. The minimum Gasteiger partial charge on any atom is -0.366 e. The van der Waals surface area contributed by atoms with Gasteiger partial charge < -0.3 is 16.4 Å². The largest absolute Gasteiger partial charge is 0.366 e. The molecule has 1 aliphatic rings. The van der Waals surface area contributed by atoms with Crippen LogP contribution in [-0.4, -0.2) is 15.9 Å². The maximum atomic E-state index is 9.73. The number of rotatable bonds is 5. The molecule has 7 nitrogen and oxygen atoms in total. The van der Waals surface area contributed by atoms with Crippen LogP contribution in [0.2, 0.25) is 0 Å². The molecule has 0 radical (unpaired) electrons. The maximum absolute atomic E-state index is 9.73. The number of nitrogens with one attached hydrogen (secondary N) is 2. The van der Waals surface area contributed by atoms with Crippen molar-refractivity contribution in [1.82, 2.24) is 9.97 Å². The highest BCUT2D eigenvalue weighted by Gasteiger charge is 2.06. The van der Waals surface area contributed by atoms with E-state index in [4.69, 9.17) is 5.26 Å². The monoisotopic (exact) mass is 414 g/mol. The van der Waals surface area contributed by atoms with E-state index in [-0.39, 0.29) is 0 Å². The van der Waals surface area contributed by atoms with Crippen LogP contribution in [0.3, 0.4) is 0 Å². The SMILES string of the molecule is CC=CC(N)=O.Cc1cccc(C)c1Nc1ccnc(NC2=CC=C(C#N)C=CC2)n1. The van der Waals surface area contributed by atoms with Gasteiger partial charge in [-0.2, -0.15) is 10.2 Å². The molecule has 1 amide bonds. The lowest BCUT2D eigenvalue weighted by Crippen LogP contribution is -2.05. The van der Waals surface area contributed by atoms with E-state index in [9.17, 15) is 4.79 Å². The van der Waals surface area contributed by atoms with Crippen LogP contribution in [0.15, 0.2) is 78.2 Å². The molecule has 2 aromatic rings. The van der Waals surface area contributed by atoms with Gasteiger partial charge in [-0.3, -0.25) is 4.79 Å². The van der Waals surface area contributed by atoms with Crippen LogP contribution >= 0.6 is 0 Å². The smallest absolute Gasteiger partial charge is 0.241 e. The van der Waals surface area contributed by atoms with Gasteiger partial charge in [0.15, 0.2) is 0 Å². The lowest BCUT2D eigenvalue weighted by atomic mass is 10.1. The summed E-state index contributed by atoms with van der Waals surface area (Å²) in [6.07, 6.45) is 12.7. The molecule has 0 fully saturated rings. The van der Waals surface area contributed by atoms with Crippen molar-refractivity contribution in [2.45, 2.75) is 27.2 Å². The average molecular weight is 415 g/mol. The van der Waals surface area contributed by atoms with E-state index in [1.165, 1.54) is 17.2 Å². The number of benzene rings is 1. The number of primary amides is 1. The van der Waals surface area contributed by atoms with Crippen LogP contribution in [0, 0.1) is 25.2 Å². The molecule has 0 saturated heterocycles. The Kier molecular flexibility index (Phi) is 8.74. The number of para-hydroxylation sites is 1. The van der Waals surface area contributed by atoms with Gasteiger partial charge in [-0.1, -0.05) is 30.4 Å². The first-order valence-electron chi connectivity index (χ1n) is 9.76. The van der Waals surface area contributed by atoms with E-state index in [1.807, 2.05) is 30.4 Å². The Morgan fingerprint density at radius 3 is 2.55 bits per heavy atom. The number of amides is 1. The zero-order valence-electron chi connectivity index (χ0n) is 17.9. The fraction of sp³-hybridized carbons (Fsp3) is 0.167. The van der Waals surface area contributed by atoms with Gasteiger partial charge in [0.05, 0.1) is 11.6 Å². The minimum absolute atomic E-state index is 0.391. The fourth-order valence-electron chi connectivity index (χ4n) is 2.73. The molecule has 1 aromatic heterocycles. The van der Waals surface area contributed by atoms with Crippen molar-refractivity contribution in [3.63, 3.8) is 0 Å². The number of aryl methyl sites for hydroxylation is 2. The minimum atomic E-state index is -0.391. The molecule has 3 rings (SSSR count). The molecule has 0 aliphatic heterocycles. The van der Waals surface area contributed by atoms with Gasteiger partial charge in [0.2, 0.25) is 11.9 Å². The van der Waals surface area contributed by atoms with Crippen molar-refractivity contribution in [1.29, 1.82) is 5.26 Å². The number of hydrogen-bond donors (Lipinski definition) is 3. The summed E-state index contributed by atoms with van der Waals surface area (Å²) in [6.45, 7) is 5.87. The van der Waals surface area contributed by atoms with E-state index in [0.717, 1.165) is 17.2 Å². The van der Waals surface area contributed by atoms with Crippen molar-refractivity contribution in [2.75, 3.05) is 10.6 Å². The number of allylic oxidation sites excluding steroid dienone is 6. The van der Waals surface area contributed by atoms with E-state index >= 15 is 0 Å². The van der Waals surface area contributed by atoms with Crippen molar-refractivity contribution in [2.24, 2.45) is 5.73 Å². The van der Waals surface area contributed by atoms with E-state index in [0.29, 0.717) is 17.9 Å². The number of anilines is 3. The van der Waals surface area contributed by atoms with Gasteiger partial charge in [0.1, 0.15) is 5.82 Å². The first kappa shape index (κ1) is 23.1. The summed E-state index contributed by atoms with van der Waals surface area (Å²) in [5.41, 5.74) is 9.63.